The number of hydrogen-bond acceptors (Lipinski definition) is 1. The van der Waals surface area contributed by atoms with E-state index in [1.54, 1.807) is 13.0 Å². The third kappa shape index (κ3) is 2.01. The molecule has 0 unspecified atom stereocenters. The lowest BCUT2D eigenvalue weighted by molar-refractivity contribution is 0.598. The highest BCUT2D eigenvalue weighted by Crippen LogP contribution is 2.25. The summed E-state index contributed by atoms with van der Waals surface area (Å²) >= 11 is 5.92. The summed E-state index contributed by atoms with van der Waals surface area (Å²) in [5.74, 6) is -0.174. The first-order valence-corrected chi connectivity index (χ1v) is 4.60. The van der Waals surface area contributed by atoms with Crippen molar-refractivity contribution in [1.82, 2.24) is 0 Å². The second kappa shape index (κ2) is 4.07. The molecule has 1 aromatic carbocycles. The van der Waals surface area contributed by atoms with Gasteiger partial charge in [-0.2, -0.15) is 0 Å². The van der Waals surface area contributed by atoms with E-state index < -0.39 is 0 Å². The molecule has 0 aliphatic heterocycles. The Morgan fingerprint density at radius 2 is 2.08 bits per heavy atom. The Hall–Kier alpha value is -0.600. The van der Waals surface area contributed by atoms with Crippen LogP contribution in [0.3, 0.4) is 0 Å². The van der Waals surface area contributed by atoms with E-state index >= 15 is 0 Å². The molecule has 0 amide bonds. The van der Waals surface area contributed by atoms with Gasteiger partial charge >= 0.3 is 0 Å². The summed E-state index contributed by atoms with van der Waals surface area (Å²) in [5, 5.41) is 0.613. The van der Waals surface area contributed by atoms with Gasteiger partial charge < -0.3 is 5.73 Å². The molecule has 0 aromatic heterocycles. The first kappa shape index (κ1) is 10.5. The molecular weight excluding hydrogens is 189 g/mol. The standard InChI is InChI=1S/C10H13ClFN/c1-6-5-9(11)7(2)8(3-4-13)10(6)12/h5H,3-4,13H2,1-2H3. The molecule has 0 saturated carbocycles. The molecular formula is C10H13ClFN. The lowest BCUT2D eigenvalue weighted by Crippen LogP contribution is -2.07. The predicted octanol–water partition coefficient (Wildman–Crippen LogP) is 2.60. The highest BCUT2D eigenvalue weighted by atomic mass is 35.5. The first-order chi connectivity index (χ1) is 6.07. The minimum absolute atomic E-state index is 0.174. The van der Waals surface area contributed by atoms with E-state index in [1.165, 1.54) is 0 Å². The van der Waals surface area contributed by atoms with Crippen LogP contribution in [-0.4, -0.2) is 6.54 Å². The second-order valence-electron chi connectivity index (χ2n) is 3.13. The highest BCUT2D eigenvalue weighted by Gasteiger charge is 2.11. The average Bonchev–Trinajstić information content (AvgIpc) is 2.09. The summed E-state index contributed by atoms with van der Waals surface area (Å²) in [6.45, 7) is 3.97. The molecule has 0 saturated heterocycles. The summed E-state index contributed by atoms with van der Waals surface area (Å²) < 4.78 is 13.5. The first-order valence-electron chi connectivity index (χ1n) is 4.22. The smallest absolute Gasteiger partial charge is 0.129 e. The van der Waals surface area contributed by atoms with E-state index in [0.717, 1.165) is 5.56 Å². The van der Waals surface area contributed by atoms with Crippen molar-refractivity contribution < 1.29 is 4.39 Å². The van der Waals surface area contributed by atoms with Gasteiger partial charge in [0, 0.05) is 5.02 Å². The van der Waals surface area contributed by atoms with E-state index in [2.05, 4.69) is 0 Å². The molecule has 1 nitrogen and oxygen atoms in total. The third-order valence-corrected chi connectivity index (χ3v) is 2.55. The molecule has 0 heterocycles. The predicted molar refractivity (Wildman–Crippen MR) is 53.6 cm³/mol. The molecule has 0 aliphatic rings. The Bertz CT molecular complexity index is 297. The van der Waals surface area contributed by atoms with Crippen LogP contribution < -0.4 is 5.73 Å². The number of rotatable bonds is 2. The number of hydrogen-bond donors (Lipinski definition) is 1. The van der Waals surface area contributed by atoms with Gasteiger partial charge in [0.05, 0.1) is 0 Å². The average molecular weight is 202 g/mol. The zero-order valence-electron chi connectivity index (χ0n) is 7.82. The van der Waals surface area contributed by atoms with Crippen molar-refractivity contribution in [2.75, 3.05) is 6.54 Å². The maximum Gasteiger partial charge on any atom is 0.129 e. The summed E-state index contributed by atoms with van der Waals surface area (Å²) in [4.78, 5) is 0. The molecule has 13 heavy (non-hydrogen) atoms. The summed E-state index contributed by atoms with van der Waals surface area (Å²) in [6, 6.07) is 1.65. The van der Waals surface area contributed by atoms with Gasteiger partial charge in [0.25, 0.3) is 0 Å². The third-order valence-electron chi connectivity index (χ3n) is 2.16. The number of benzene rings is 1. The Labute approximate surface area is 82.7 Å². The molecule has 0 bridgehead atoms. The van der Waals surface area contributed by atoms with Crippen molar-refractivity contribution in [3.63, 3.8) is 0 Å². The molecule has 0 spiro atoms. The molecule has 1 aromatic rings. The highest BCUT2D eigenvalue weighted by molar-refractivity contribution is 6.31. The minimum atomic E-state index is -0.174. The van der Waals surface area contributed by atoms with Crippen LogP contribution in [0.1, 0.15) is 16.7 Å². The van der Waals surface area contributed by atoms with Crippen molar-refractivity contribution in [3.05, 3.63) is 33.6 Å². The number of nitrogens with two attached hydrogens (primary N) is 1. The largest absolute Gasteiger partial charge is 0.330 e. The van der Waals surface area contributed by atoms with E-state index in [-0.39, 0.29) is 5.82 Å². The number of halogens is 2. The van der Waals surface area contributed by atoms with Crippen LogP contribution in [0.4, 0.5) is 4.39 Å². The molecule has 2 N–H and O–H groups in total. The monoisotopic (exact) mass is 201 g/mol. The van der Waals surface area contributed by atoms with E-state index in [0.29, 0.717) is 29.1 Å². The van der Waals surface area contributed by atoms with Gasteiger partial charge in [-0.05, 0) is 49.6 Å². The van der Waals surface area contributed by atoms with Gasteiger partial charge in [0.1, 0.15) is 5.82 Å². The quantitative estimate of drug-likeness (QED) is 0.782. The lowest BCUT2D eigenvalue weighted by Gasteiger charge is -2.10. The molecule has 3 heteroatoms. The van der Waals surface area contributed by atoms with E-state index in [9.17, 15) is 4.39 Å². The van der Waals surface area contributed by atoms with Crippen LogP contribution in [0.15, 0.2) is 6.07 Å². The fourth-order valence-corrected chi connectivity index (χ4v) is 1.63. The van der Waals surface area contributed by atoms with Gasteiger partial charge in [-0.1, -0.05) is 11.6 Å². The Morgan fingerprint density at radius 1 is 1.46 bits per heavy atom. The fourth-order valence-electron chi connectivity index (χ4n) is 1.35. The molecule has 72 valence electrons. The van der Waals surface area contributed by atoms with Gasteiger partial charge in [0.15, 0.2) is 0 Å². The van der Waals surface area contributed by atoms with Crippen LogP contribution in [0.25, 0.3) is 0 Å². The molecule has 0 radical (unpaired) electrons. The molecule has 1 rings (SSSR count). The van der Waals surface area contributed by atoms with Crippen molar-refractivity contribution in [1.29, 1.82) is 0 Å². The second-order valence-corrected chi connectivity index (χ2v) is 3.54. The normalized spacial score (nSPS) is 10.5. The summed E-state index contributed by atoms with van der Waals surface area (Å²) in [5.41, 5.74) is 7.42. The lowest BCUT2D eigenvalue weighted by atomic mass is 10.0. The number of aryl methyl sites for hydroxylation is 1. The molecule has 0 atom stereocenters. The van der Waals surface area contributed by atoms with Gasteiger partial charge in [-0.15, -0.1) is 0 Å². The summed E-state index contributed by atoms with van der Waals surface area (Å²) in [6.07, 6.45) is 0.541. The van der Waals surface area contributed by atoms with Crippen LogP contribution in [0.5, 0.6) is 0 Å². The molecule has 0 aliphatic carbocycles. The molecule has 0 fully saturated rings. The van der Waals surface area contributed by atoms with Crippen LogP contribution in [0, 0.1) is 19.7 Å². The van der Waals surface area contributed by atoms with Crippen molar-refractivity contribution >= 4 is 11.6 Å². The summed E-state index contributed by atoms with van der Waals surface area (Å²) in [7, 11) is 0. The van der Waals surface area contributed by atoms with Crippen LogP contribution in [0.2, 0.25) is 5.02 Å². The topological polar surface area (TPSA) is 26.0 Å². The maximum atomic E-state index is 13.5. The minimum Gasteiger partial charge on any atom is -0.330 e. The Balaban J connectivity index is 3.28. The van der Waals surface area contributed by atoms with E-state index in [1.807, 2.05) is 6.92 Å². The Morgan fingerprint density at radius 3 is 2.62 bits per heavy atom. The van der Waals surface area contributed by atoms with Crippen molar-refractivity contribution in [2.24, 2.45) is 5.73 Å². The zero-order valence-corrected chi connectivity index (χ0v) is 8.58. The van der Waals surface area contributed by atoms with Gasteiger partial charge in [-0.25, -0.2) is 4.39 Å². The zero-order chi connectivity index (χ0) is 10.0. The Kier molecular flexibility index (Phi) is 3.28. The van der Waals surface area contributed by atoms with Crippen molar-refractivity contribution in [3.8, 4) is 0 Å². The van der Waals surface area contributed by atoms with Gasteiger partial charge in [0.2, 0.25) is 0 Å². The van der Waals surface area contributed by atoms with Crippen LogP contribution in [-0.2, 0) is 6.42 Å². The van der Waals surface area contributed by atoms with Crippen LogP contribution >= 0.6 is 11.6 Å². The van der Waals surface area contributed by atoms with Gasteiger partial charge in [-0.3, -0.25) is 0 Å². The van der Waals surface area contributed by atoms with E-state index in [4.69, 9.17) is 17.3 Å². The fraction of sp³-hybridized carbons (Fsp3) is 0.400. The van der Waals surface area contributed by atoms with Crippen molar-refractivity contribution in [2.45, 2.75) is 20.3 Å². The SMILES string of the molecule is Cc1cc(Cl)c(C)c(CCN)c1F. The maximum absolute atomic E-state index is 13.5.